The van der Waals surface area contributed by atoms with E-state index in [0.29, 0.717) is 6.54 Å². The van der Waals surface area contributed by atoms with Gasteiger partial charge in [-0.2, -0.15) is 0 Å². The number of hydrogen-bond acceptors (Lipinski definition) is 4. The number of amides is 1. The minimum absolute atomic E-state index is 0.476. The summed E-state index contributed by atoms with van der Waals surface area (Å²) >= 11 is 0. The molecule has 1 atom stereocenters. The van der Waals surface area contributed by atoms with Crippen molar-refractivity contribution in [2.75, 3.05) is 19.3 Å². The highest BCUT2D eigenvalue weighted by atomic mass is 32.2. The van der Waals surface area contributed by atoms with Gasteiger partial charge < -0.3 is 10.0 Å². The topological polar surface area (TPSA) is 91.8 Å². The average molecular weight is 293 g/mol. The first kappa shape index (κ1) is 17.9. The molecule has 0 radical (unpaired) electrons. The molecule has 0 aromatic heterocycles. The average Bonchev–Trinajstić information content (AvgIpc) is 2.22. The van der Waals surface area contributed by atoms with Crippen LogP contribution in [0.5, 0.6) is 0 Å². The van der Waals surface area contributed by atoms with Crippen LogP contribution in [0.3, 0.4) is 0 Å². The molecule has 7 heteroatoms. The van der Waals surface area contributed by atoms with Crippen LogP contribution in [0.4, 0.5) is 0 Å². The molecular weight excluding hydrogens is 270 g/mol. The lowest BCUT2D eigenvalue weighted by Gasteiger charge is -2.20. The van der Waals surface area contributed by atoms with Crippen molar-refractivity contribution in [2.24, 2.45) is 5.92 Å². The Morgan fingerprint density at radius 2 is 1.79 bits per heavy atom. The zero-order valence-corrected chi connectivity index (χ0v) is 12.7. The summed E-state index contributed by atoms with van der Waals surface area (Å²) in [6.45, 7) is 5.47. The highest BCUT2D eigenvalue weighted by Gasteiger charge is 2.37. The summed E-state index contributed by atoms with van der Waals surface area (Å²) in [4.78, 5) is 24.1. The molecule has 0 aliphatic rings. The number of unbranched alkanes of at least 4 members (excludes halogenated alkanes) is 1. The van der Waals surface area contributed by atoms with Gasteiger partial charge in [-0.3, -0.25) is 9.59 Å². The van der Waals surface area contributed by atoms with Gasteiger partial charge in [-0.15, -0.1) is 0 Å². The fraction of sp³-hybridized carbons (Fsp3) is 0.833. The lowest BCUT2D eigenvalue weighted by molar-refractivity contribution is -0.137. The second kappa shape index (κ2) is 7.47. The minimum Gasteiger partial charge on any atom is -0.480 e. The smallest absolute Gasteiger partial charge is 0.322 e. The van der Waals surface area contributed by atoms with E-state index in [1.165, 1.54) is 25.8 Å². The van der Waals surface area contributed by atoms with Crippen molar-refractivity contribution in [1.82, 2.24) is 4.90 Å². The number of nitrogens with zero attached hydrogens (tertiary/aromatic N) is 1. The Balaban J connectivity index is 4.85. The van der Waals surface area contributed by atoms with Crippen LogP contribution in [0.1, 0.15) is 33.6 Å². The van der Waals surface area contributed by atoms with Crippen LogP contribution in [0, 0.1) is 5.92 Å². The maximum Gasteiger partial charge on any atom is 0.322 e. The Hall–Kier alpha value is -1.11. The second-order valence-corrected chi connectivity index (χ2v) is 7.10. The van der Waals surface area contributed by atoms with Gasteiger partial charge in [0.1, 0.15) is 5.75 Å². The number of carbonyl (C=O) groups excluding carboxylic acids is 1. The van der Waals surface area contributed by atoms with Crippen molar-refractivity contribution in [3.8, 4) is 0 Å². The zero-order chi connectivity index (χ0) is 15.2. The standard InChI is InChI=1S/C12H23NO5S/c1-5-6-7-13(4)10(14)8-19(17,18)11(9(2)3)12(15)16/h9,11H,5-8H2,1-4H3,(H,15,16). The van der Waals surface area contributed by atoms with Crippen LogP contribution in [-0.4, -0.2) is 54.9 Å². The normalized spacial score (nSPS) is 13.3. The molecule has 1 amide bonds. The number of aliphatic carboxylic acids is 1. The molecule has 0 fully saturated rings. The molecule has 0 saturated carbocycles. The molecule has 0 aromatic rings. The molecule has 19 heavy (non-hydrogen) atoms. The third kappa shape index (κ3) is 5.59. The van der Waals surface area contributed by atoms with Gasteiger partial charge in [0.05, 0.1) is 0 Å². The first-order valence-corrected chi connectivity index (χ1v) is 8.03. The fourth-order valence-electron chi connectivity index (χ4n) is 1.75. The van der Waals surface area contributed by atoms with Gasteiger partial charge in [0, 0.05) is 13.6 Å². The van der Waals surface area contributed by atoms with Crippen molar-refractivity contribution < 1.29 is 23.1 Å². The number of rotatable bonds is 8. The van der Waals surface area contributed by atoms with Crippen LogP contribution in [0.25, 0.3) is 0 Å². The number of carboxylic acids is 1. The van der Waals surface area contributed by atoms with Crippen molar-refractivity contribution in [2.45, 2.75) is 38.9 Å². The lowest BCUT2D eigenvalue weighted by Crippen LogP contribution is -2.42. The van der Waals surface area contributed by atoms with Crippen molar-refractivity contribution >= 4 is 21.7 Å². The van der Waals surface area contributed by atoms with Crippen molar-refractivity contribution in [3.63, 3.8) is 0 Å². The van der Waals surface area contributed by atoms with Crippen molar-refractivity contribution in [1.29, 1.82) is 0 Å². The molecule has 0 aliphatic heterocycles. The Labute approximate surface area is 114 Å². The maximum absolute atomic E-state index is 12.0. The number of hydrogen-bond donors (Lipinski definition) is 1. The minimum atomic E-state index is -3.98. The zero-order valence-electron chi connectivity index (χ0n) is 11.9. The molecule has 0 aromatic carbocycles. The van der Waals surface area contributed by atoms with Crippen LogP contribution in [0.15, 0.2) is 0 Å². The Bertz CT molecular complexity index is 416. The van der Waals surface area contributed by atoms with Gasteiger partial charge in [0.2, 0.25) is 5.91 Å². The van der Waals surface area contributed by atoms with Crippen molar-refractivity contribution in [3.05, 3.63) is 0 Å². The third-order valence-electron chi connectivity index (χ3n) is 2.83. The Morgan fingerprint density at radius 3 is 2.16 bits per heavy atom. The molecule has 0 heterocycles. The highest BCUT2D eigenvalue weighted by Crippen LogP contribution is 2.14. The van der Waals surface area contributed by atoms with E-state index in [1.807, 2.05) is 6.92 Å². The SMILES string of the molecule is CCCCN(C)C(=O)CS(=O)(=O)C(C(=O)O)C(C)C. The predicted octanol–water partition coefficient (Wildman–Crippen LogP) is 0.769. The number of carboxylic acid groups (broad SMARTS) is 1. The van der Waals surface area contributed by atoms with E-state index < -0.39 is 38.6 Å². The van der Waals surface area contributed by atoms with E-state index in [4.69, 9.17) is 5.11 Å². The summed E-state index contributed by atoms with van der Waals surface area (Å²) in [6.07, 6.45) is 1.68. The molecule has 0 rings (SSSR count). The number of sulfone groups is 1. The van der Waals surface area contributed by atoms with Gasteiger partial charge in [-0.25, -0.2) is 8.42 Å². The number of carbonyl (C=O) groups is 2. The summed E-state index contributed by atoms with van der Waals surface area (Å²) in [6, 6.07) is 0. The molecule has 0 saturated heterocycles. The molecule has 0 aliphatic carbocycles. The highest BCUT2D eigenvalue weighted by molar-refractivity contribution is 7.93. The predicted molar refractivity (Wildman–Crippen MR) is 72.6 cm³/mol. The van der Waals surface area contributed by atoms with Crippen LogP contribution >= 0.6 is 0 Å². The lowest BCUT2D eigenvalue weighted by atomic mass is 10.1. The molecule has 1 N–H and O–H groups in total. The van der Waals surface area contributed by atoms with Gasteiger partial charge in [-0.1, -0.05) is 27.2 Å². The Morgan fingerprint density at radius 1 is 1.26 bits per heavy atom. The summed E-state index contributed by atoms with van der Waals surface area (Å²) in [5.74, 6) is -3.28. The fourth-order valence-corrected chi connectivity index (χ4v) is 3.63. The first-order chi connectivity index (χ1) is 8.63. The quantitative estimate of drug-likeness (QED) is 0.713. The van der Waals surface area contributed by atoms with Crippen LogP contribution in [0.2, 0.25) is 0 Å². The van der Waals surface area contributed by atoms with Crippen LogP contribution < -0.4 is 0 Å². The molecule has 0 bridgehead atoms. The largest absolute Gasteiger partial charge is 0.480 e. The molecule has 112 valence electrons. The van der Waals surface area contributed by atoms with E-state index in [0.717, 1.165) is 12.8 Å². The maximum atomic E-state index is 12.0. The summed E-state index contributed by atoms with van der Waals surface area (Å²) in [5.41, 5.74) is 0. The third-order valence-corrected chi connectivity index (χ3v) is 5.00. The van der Waals surface area contributed by atoms with Gasteiger partial charge in [-0.05, 0) is 12.3 Å². The monoisotopic (exact) mass is 293 g/mol. The van der Waals surface area contributed by atoms with E-state index >= 15 is 0 Å². The Kier molecular flexibility index (Phi) is 7.04. The molecule has 0 spiro atoms. The van der Waals surface area contributed by atoms with Crippen LogP contribution in [-0.2, 0) is 19.4 Å². The van der Waals surface area contributed by atoms with E-state index in [2.05, 4.69) is 0 Å². The molecule has 1 unspecified atom stereocenters. The molecular formula is C12H23NO5S. The second-order valence-electron chi connectivity index (χ2n) is 4.98. The van der Waals surface area contributed by atoms with E-state index in [1.54, 1.807) is 0 Å². The molecule has 6 nitrogen and oxygen atoms in total. The van der Waals surface area contributed by atoms with E-state index in [9.17, 15) is 18.0 Å². The van der Waals surface area contributed by atoms with Gasteiger partial charge in [0.25, 0.3) is 0 Å². The summed E-state index contributed by atoms with van der Waals surface area (Å²) in [7, 11) is -2.45. The summed E-state index contributed by atoms with van der Waals surface area (Å²) < 4.78 is 23.9. The summed E-state index contributed by atoms with van der Waals surface area (Å²) in [5, 5.41) is 7.44. The van der Waals surface area contributed by atoms with Gasteiger partial charge in [0.15, 0.2) is 15.1 Å². The van der Waals surface area contributed by atoms with E-state index in [-0.39, 0.29) is 0 Å². The van der Waals surface area contributed by atoms with Gasteiger partial charge >= 0.3 is 5.97 Å². The first-order valence-electron chi connectivity index (χ1n) is 6.31.